The molecule has 3 rings (SSSR count). The van der Waals surface area contributed by atoms with Crippen LogP contribution in [0.3, 0.4) is 0 Å². The first-order chi connectivity index (χ1) is 8.36. The second-order valence-corrected chi connectivity index (χ2v) is 5.30. The number of rotatable bonds is 3. The topological polar surface area (TPSA) is 47.3 Å². The molecule has 0 aliphatic carbocycles. The van der Waals surface area contributed by atoms with Crippen LogP contribution in [0.15, 0.2) is 6.20 Å². The average molecular weight is 236 g/mol. The van der Waals surface area contributed by atoms with E-state index in [4.69, 9.17) is 4.74 Å². The van der Waals surface area contributed by atoms with Crippen molar-refractivity contribution in [3.8, 4) is 0 Å². The van der Waals surface area contributed by atoms with Gasteiger partial charge in [0.05, 0.1) is 0 Å². The fourth-order valence-corrected chi connectivity index (χ4v) is 2.89. The molecule has 0 radical (unpaired) electrons. The van der Waals surface area contributed by atoms with Crippen molar-refractivity contribution in [1.29, 1.82) is 0 Å². The molecule has 2 aliphatic heterocycles. The molecule has 3 heterocycles. The molecule has 4 heteroatoms. The summed E-state index contributed by atoms with van der Waals surface area (Å²) in [6.07, 6.45) is 6.34. The standard InChI is InChI=1S/C13H20N2O2/c16-8-11-1-2-12-6-14-13(15(12)7-11)5-10-3-4-17-9-10/h6,10-11,16H,1-5,7-9H2. The highest BCUT2D eigenvalue weighted by Crippen LogP contribution is 2.24. The van der Waals surface area contributed by atoms with Crippen LogP contribution in [-0.2, 0) is 24.1 Å². The van der Waals surface area contributed by atoms with Gasteiger partial charge in [0.15, 0.2) is 0 Å². The van der Waals surface area contributed by atoms with Gasteiger partial charge in [0, 0.05) is 50.6 Å². The maximum Gasteiger partial charge on any atom is 0.109 e. The van der Waals surface area contributed by atoms with Crippen molar-refractivity contribution in [3.63, 3.8) is 0 Å². The van der Waals surface area contributed by atoms with Gasteiger partial charge in [-0.2, -0.15) is 0 Å². The van der Waals surface area contributed by atoms with Crippen LogP contribution in [0, 0.1) is 11.8 Å². The highest BCUT2D eigenvalue weighted by molar-refractivity contribution is 5.09. The van der Waals surface area contributed by atoms with Crippen molar-refractivity contribution in [3.05, 3.63) is 17.7 Å². The molecule has 1 aromatic heterocycles. The summed E-state index contributed by atoms with van der Waals surface area (Å²) in [7, 11) is 0. The largest absolute Gasteiger partial charge is 0.396 e. The van der Waals surface area contributed by atoms with Crippen LogP contribution in [0.4, 0.5) is 0 Å². The van der Waals surface area contributed by atoms with Gasteiger partial charge < -0.3 is 14.4 Å². The first-order valence-corrected chi connectivity index (χ1v) is 6.58. The van der Waals surface area contributed by atoms with E-state index in [-0.39, 0.29) is 0 Å². The molecular formula is C13H20N2O2. The van der Waals surface area contributed by atoms with Gasteiger partial charge in [-0.3, -0.25) is 0 Å². The number of imidazole rings is 1. The second kappa shape index (κ2) is 4.78. The monoisotopic (exact) mass is 236 g/mol. The lowest BCUT2D eigenvalue weighted by Crippen LogP contribution is -2.24. The zero-order chi connectivity index (χ0) is 11.7. The molecule has 1 saturated heterocycles. The van der Waals surface area contributed by atoms with Crippen molar-refractivity contribution < 1.29 is 9.84 Å². The molecule has 2 aliphatic rings. The van der Waals surface area contributed by atoms with Gasteiger partial charge in [-0.25, -0.2) is 4.98 Å². The van der Waals surface area contributed by atoms with E-state index in [0.29, 0.717) is 18.4 Å². The van der Waals surface area contributed by atoms with Gasteiger partial charge >= 0.3 is 0 Å². The smallest absolute Gasteiger partial charge is 0.109 e. The maximum atomic E-state index is 9.28. The normalized spacial score (nSPS) is 28.3. The Hall–Kier alpha value is -0.870. The molecule has 0 amide bonds. The molecule has 17 heavy (non-hydrogen) atoms. The third-order valence-corrected chi connectivity index (χ3v) is 4.02. The van der Waals surface area contributed by atoms with Gasteiger partial charge in [-0.15, -0.1) is 0 Å². The van der Waals surface area contributed by atoms with Crippen LogP contribution in [-0.4, -0.2) is 34.5 Å². The Labute approximate surface area is 102 Å². The second-order valence-electron chi connectivity index (χ2n) is 5.30. The fourth-order valence-electron chi connectivity index (χ4n) is 2.89. The zero-order valence-electron chi connectivity index (χ0n) is 10.1. The van der Waals surface area contributed by atoms with Gasteiger partial charge in [0.2, 0.25) is 0 Å². The lowest BCUT2D eigenvalue weighted by Gasteiger charge is -2.24. The van der Waals surface area contributed by atoms with Crippen molar-refractivity contribution in [2.45, 2.75) is 32.2 Å². The Morgan fingerprint density at radius 3 is 3.12 bits per heavy atom. The number of aryl methyl sites for hydroxylation is 1. The highest BCUT2D eigenvalue weighted by atomic mass is 16.5. The number of aliphatic hydroxyl groups excluding tert-OH is 1. The lowest BCUT2D eigenvalue weighted by molar-refractivity contribution is 0.182. The van der Waals surface area contributed by atoms with E-state index in [0.717, 1.165) is 45.4 Å². The minimum atomic E-state index is 0.295. The zero-order valence-corrected chi connectivity index (χ0v) is 10.1. The molecule has 4 nitrogen and oxygen atoms in total. The van der Waals surface area contributed by atoms with E-state index >= 15 is 0 Å². The average Bonchev–Trinajstić information content (AvgIpc) is 2.99. The summed E-state index contributed by atoms with van der Waals surface area (Å²) < 4.78 is 7.74. The van der Waals surface area contributed by atoms with Gasteiger partial charge in [0.1, 0.15) is 5.82 Å². The third kappa shape index (κ3) is 2.24. The van der Waals surface area contributed by atoms with Crippen molar-refractivity contribution in [2.24, 2.45) is 11.8 Å². The predicted molar refractivity (Wildman–Crippen MR) is 63.8 cm³/mol. The van der Waals surface area contributed by atoms with Crippen LogP contribution in [0.2, 0.25) is 0 Å². The van der Waals surface area contributed by atoms with E-state index in [1.807, 2.05) is 6.20 Å². The molecule has 1 fully saturated rings. The van der Waals surface area contributed by atoms with E-state index in [1.165, 1.54) is 11.5 Å². The molecule has 0 spiro atoms. The molecule has 0 bridgehead atoms. The summed E-state index contributed by atoms with van der Waals surface area (Å²) in [6.45, 7) is 3.02. The molecule has 1 N–H and O–H groups in total. The number of hydrogen-bond donors (Lipinski definition) is 1. The Balaban J connectivity index is 1.74. The first kappa shape index (κ1) is 11.2. The summed E-state index contributed by atoms with van der Waals surface area (Å²) in [5.74, 6) is 2.24. The van der Waals surface area contributed by atoms with Gasteiger partial charge in [-0.05, 0) is 25.2 Å². The minimum Gasteiger partial charge on any atom is -0.396 e. The quantitative estimate of drug-likeness (QED) is 0.852. The van der Waals surface area contributed by atoms with Crippen molar-refractivity contribution in [2.75, 3.05) is 19.8 Å². The summed E-state index contributed by atoms with van der Waals surface area (Å²) in [4.78, 5) is 4.56. The highest BCUT2D eigenvalue weighted by Gasteiger charge is 2.24. The van der Waals surface area contributed by atoms with E-state index in [1.54, 1.807) is 0 Å². The molecule has 1 aromatic rings. The van der Waals surface area contributed by atoms with Crippen LogP contribution in [0.25, 0.3) is 0 Å². The molecular weight excluding hydrogens is 216 g/mol. The van der Waals surface area contributed by atoms with Crippen LogP contribution >= 0.6 is 0 Å². The minimum absolute atomic E-state index is 0.295. The number of nitrogens with zero attached hydrogens (tertiary/aromatic N) is 2. The number of ether oxygens (including phenoxy) is 1. The van der Waals surface area contributed by atoms with E-state index in [2.05, 4.69) is 9.55 Å². The molecule has 0 aromatic carbocycles. The fraction of sp³-hybridized carbons (Fsp3) is 0.769. The Morgan fingerprint density at radius 1 is 1.41 bits per heavy atom. The third-order valence-electron chi connectivity index (χ3n) is 4.02. The summed E-state index contributed by atoms with van der Waals surface area (Å²) >= 11 is 0. The number of hydrogen-bond acceptors (Lipinski definition) is 3. The number of fused-ring (bicyclic) bond motifs is 1. The molecule has 94 valence electrons. The van der Waals surface area contributed by atoms with Crippen LogP contribution < -0.4 is 0 Å². The van der Waals surface area contributed by atoms with Crippen LogP contribution in [0.5, 0.6) is 0 Å². The van der Waals surface area contributed by atoms with Gasteiger partial charge in [0.25, 0.3) is 0 Å². The van der Waals surface area contributed by atoms with E-state index < -0.39 is 0 Å². The molecule has 0 saturated carbocycles. The Kier molecular flexibility index (Phi) is 3.16. The number of aromatic nitrogens is 2. The molecule has 2 atom stereocenters. The summed E-state index contributed by atoms with van der Waals surface area (Å²) in [5, 5.41) is 9.28. The maximum absolute atomic E-state index is 9.28. The van der Waals surface area contributed by atoms with E-state index in [9.17, 15) is 5.11 Å². The lowest BCUT2D eigenvalue weighted by atomic mass is 9.98. The Morgan fingerprint density at radius 2 is 2.35 bits per heavy atom. The SMILES string of the molecule is OCC1CCc2cnc(CC3CCOC3)n2C1. The number of aliphatic hydroxyl groups is 1. The summed E-state index contributed by atoms with van der Waals surface area (Å²) in [6, 6.07) is 0. The van der Waals surface area contributed by atoms with Crippen molar-refractivity contribution in [1.82, 2.24) is 9.55 Å². The van der Waals surface area contributed by atoms with Crippen LogP contribution in [0.1, 0.15) is 24.4 Å². The van der Waals surface area contributed by atoms with Crippen molar-refractivity contribution >= 4 is 0 Å². The molecule has 2 unspecified atom stereocenters. The predicted octanol–water partition coefficient (Wildman–Crippen LogP) is 1.02. The Bertz CT molecular complexity index is 383. The van der Waals surface area contributed by atoms with Gasteiger partial charge in [-0.1, -0.05) is 0 Å². The summed E-state index contributed by atoms with van der Waals surface area (Å²) in [5.41, 5.74) is 1.34. The first-order valence-electron chi connectivity index (χ1n) is 6.58.